The minimum atomic E-state index is 0.539. The zero-order valence-corrected chi connectivity index (χ0v) is 10.6. The summed E-state index contributed by atoms with van der Waals surface area (Å²) in [5, 5.41) is 1.19. The molecule has 0 fully saturated rings. The Morgan fingerprint density at radius 2 is 2.06 bits per heavy atom. The summed E-state index contributed by atoms with van der Waals surface area (Å²) in [5.41, 5.74) is 6.15. The molecule has 1 heterocycles. The molecule has 3 N–H and O–H groups in total. The standard InChI is InChI=1S/C14H19N3/c1-4-10-7-12-8-11(9(2)3)5-6-13(12)16-14(10)17-15/h5-9H,4,15H2,1-3H3,(H,16,17). The molecule has 0 saturated carbocycles. The van der Waals surface area contributed by atoms with Crippen LogP contribution in [0.1, 0.15) is 37.8 Å². The number of nitrogen functional groups attached to an aromatic ring is 1. The first-order valence-corrected chi connectivity index (χ1v) is 6.06. The Kier molecular flexibility index (Phi) is 3.29. The van der Waals surface area contributed by atoms with E-state index in [1.165, 1.54) is 10.9 Å². The number of fused-ring (bicyclic) bond motifs is 1. The molecule has 0 spiro atoms. The number of nitrogens with two attached hydrogens (primary N) is 1. The van der Waals surface area contributed by atoms with Crippen molar-refractivity contribution in [1.82, 2.24) is 4.98 Å². The molecule has 0 atom stereocenters. The van der Waals surface area contributed by atoms with Crippen molar-refractivity contribution >= 4 is 16.7 Å². The highest BCUT2D eigenvalue weighted by atomic mass is 15.2. The van der Waals surface area contributed by atoms with Crippen LogP contribution in [0.2, 0.25) is 0 Å². The van der Waals surface area contributed by atoms with E-state index in [1.54, 1.807) is 0 Å². The molecule has 3 heteroatoms. The van der Waals surface area contributed by atoms with Gasteiger partial charge >= 0.3 is 0 Å². The summed E-state index contributed by atoms with van der Waals surface area (Å²) in [6, 6.07) is 8.58. The summed E-state index contributed by atoms with van der Waals surface area (Å²) in [6.45, 7) is 6.51. The molecule has 0 amide bonds. The zero-order valence-electron chi connectivity index (χ0n) is 10.6. The van der Waals surface area contributed by atoms with Crippen molar-refractivity contribution in [3.63, 3.8) is 0 Å². The summed E-state index contributed by atoms with van der Waals surface area (Å²) in [7, 11) is 0. The van der Waals surface area contributed by atoms with Crippen LogP contribution in [0.3, 0.4) is 0 Å². The molecule has 0 radical (unpaired) electrons. The van der Waals surface area contributed by atoms with Gasteiger partial charge in [0, 0.05) is 5.39 Å². The van der Waals surface area contributed by atoms with Crippen LogP contribution in [0.4, 0.5) is 5.82 Å². The van der Waals surface area contributed by atoms with Gasteiger partial charge in [0.05, 0.1) is 5.52 Å². The summed E-state index contributed by atoms with van der Waals surface area (Å²) < 4.78 is 0. The van der Waals surface area contributed by atoms with E-state index in [0.29, 0.717) is 5.92 Å². The maximum atomic E-state index is 5.48. The van der Waals surface area contributed by atoms with Crippen LogP contribution in [-0.2, 0) is 6.42 Å². The number of nitrogens with one attached hydrogen (secondary N) is 1. The predicted molar refractivity (Wildman–Crippen MR) is 73.0 cm³/mol. The summed E-state index contributed by atoms with van der Waals surface area (Å²) in [4.78, 5) is 4.53. The van der Waals surface area contributed by atoms with Gasteiger partial charge in [-0.25, -0.2) is 10.8 Å². The van der Waals surface area contributed by atoms with Crippen molar-refractivity contribution < 1.29 is 0 Å². The number of hydrogen-bond acceptors (Lipinski definition) is 3. The molecule has 0 saturated heterocycles. The zero-order chi connectivity index (χ0) is 12.4. The Bertz CT molecular complexity index is 532. The molecule has 1 aromatic heterocycles. The third-order valence-corrected chi connectivity index (χ3v) is 3.10. The number of benzene rings is 1. The van der Waals surface area contributed by atoms with Crippen LogP contribution >= 0.6 is 0 Å². The average Bonchev–Trinajstić information content (AvgIpc) is 2.36. The van der Waals surface area contributed by atoms with Gasteiger partial charge in [-0.2, -0.15) is 0 Å². The number of nitrogens with zero attached hydrogens (tertiary/aromatic N) is 1. The minimum Gasteiger partial charge on any atom is -0.308 e. The molecule has 0 aliphatic rings. The second-order valence-electron chi connectivity index (χ2n) is 4.60. The fraction of sp³-hybridized carbons (Fsp3) is 0.357. The number of aromatic nitrogens is 1. The van der Waals surface area contributed by atoms with E-state index in [4.69, 9.17) is 5.84 Å². The SMILES string of the molecule is CCc1cc2cc(C(C)C)ccc2nc1NN. The van der Waals surface area contributed by atoms with Crippen LogP contribution in [-0.4, -0.2) is 4.98 Å². The van der Waals surface area contributed by atoms with Crippen LogP contribution in [0.25, 0.3) is 10.9 Å². The molecule has 2 aromatic rings. The fourth-order valence-corrected chi connectivity index (χ4v) is 1.99. The second kappa shape index (κ2) is 4.72. The maximum Gasteiger partial charge on any atom is 0.143 e. The Balaban J connectivity index is 2.62. The number of pyridine rings is 1. The predicted octanol–water partition coefficient (Wildman–Crippen LogP) is 3.21. The molecule has 2 rings (SSSR count). The normalized spacial score (nSPS) is 11.1. The van der Waals surface area contributed by atoms with Crippen molar-refractivity contribution in [3.05, 3.63) is 35.4 Å². The highest BCUT2D eigenvalue weighted by Gasteiger charge is 2.06. The third kappa shape index (κ3) is 2.24. The lowest BCUT2D eigenvalue weighted by molar-refractivity contribution is 0.868. The number of hydrazine groups is 1. The van der Waals surface area contributed by atoms with E-state index in [1.807, 2.05) is 0 Å². The number of aryl methyl sites for hydroxylation is 1. The van der Waals surface area contributed by atoms with Gasteiger partial charge in [-0.15, -0.1) is 0 Å². The lowest BCUT2D eigenvalue weighted by atomic mass is 10.00. The molecular formula is C14H19N3. The summed E-state index contributed by atoms with van der Waals surface area (Å²) >= 11 is 0. The summed E-state index contributed by atoms with van der Waals surface area (Å²) in [6.07, 6.45) is 0.925. The molecule has 3 nitrogen and oxygen atoms in total. The second-order valence-corrected chi connectivity index (χ2v) is 4.60. The third-order valence-electron chi connectivity index (χ3n) is 3.10. The Hall–Kier alpha value is -1.61. The quantitative estimate of drug-likeness (QED) is 0.627. The molecule has 0 aliphatic carbocycles. The fourth-order valence-electron chi connectivity index (χ4n) is 1.99. The largest absolute Gasteiger partial charge is 0.308 e. The van der Waals surface area contributed by atoms with Gasteiger partial charge in [-0.05, 0) is 41.7 Å². The molecule has 0 bridgehead atoms. The maximum absolute atomic E-state index is 5.48. The van der Waals surface area contributed by atoms with Crippen LogP contribution in [0.5, 0.6) is 0 Å². The molecule has 0 aliphatic heterocycles. The molecule has 90 valence electrons. The van der Waals surface area contributed by atoms with Gasteiger partial charge in [0.25, 0.3) is 0 Å². The van der Waals surface area contributed by atoms with Crippen LogP contribution in [0.15, 0.2) is 24.3 Å². The molecule has 0 unspecified atom stereocenters. The summed E-state index contributed by atoms with van der Waals surface area (Å²) in [5.74, 6) is 6.80. The smallest absolute Gasteiger partial charge is 0.143 e. The molecular weight excluding hydrogens is 210 g/mol. The van der Waals surface area contributed by atoms with E-state index in [0.717, 1.165) is 23.3 Å². The van der Waals surface area contributed by atoms with Crippen molar-refractivity contribution in [1.29, 1.82) is 0 Å². The first-order valence-electron chi connectivity index (χ1n) is 6.06. The highest BCUT2D eigenvalue weighted by Crippen LogP contribution is 2.24. The topological polar surface area (TPSA) is 50.9 Å². The van der Waals surface area contributed by atoms with Crippen molar-refractivity contribution in [2.75, 3.05) is 5.43 Å². The van der Waals surface area contributed by atoms with Gasteiger partial charge in [0.2, 0.25) is 0 Å². The van der Waals surface area contributed by atoms with Gasteiger partial charge in [0.1, 0.15) is 5.82 Å². The van der Waals surface area contributed by atoms with E-state index >= 15 is 0 Å². The Morgan fingerprint density at radius 3 is 2.65 bits per heavy atom. The molecule has 17 heavy (non-hydrogen) atoms. The Morgan fingerprint density at radius 1 is 1.29 bits per heavy atom. The lowest BCUT2D eigenvalue weighted by Gasteiger charge is -2.10. The van der Waals surface area contributed by atoms with Crippen molar-refractivity contribution in [2.24, 2.45) is 5.84 Å². The molecule has 1 aromatic carbocycles. The minimum absolute atomic E-state index is 0.539. The van der Waals surface area contributed by atoms with Crippen molar-refractivity contribution in [3.8, 4) is 0 Å². The van der Waals surface area contributed by atoms with E-state index < -0.39 is 0 Å². The van der Waals surface area contributed by atoms with Gasteiger partial charge in [-0.1, -0.05) is 26.8 Å². The lowest BCUT2D eigenvalue weighted by Crippen LogP contribution is -2.11. The van der Waals surface area contributed by atoms with Crippen LogP contribution < -0.4 is 11.3 Å². The van der Waals surface area contributed by atoms with Gasteiger partial charge < -0.3 is 5.43 Å². The number of rotatable bonds is 3. The average molecular weight is 229 g/mol. The van der Waals surface area contributed by atoms with E-state index in [9.17, 15) is 0 Å². The number of hydrogen-bond donors (Lipinski definition) is 2. The Labute approximate surface area is 102 Å². The monoisotopic (exact) mass is 229 g/mol. The first-order chi connectivity index (χ1) is 8.15. The van der Waals surface area contributed by atoms with Crippen molar-refractivity contribution in [2.45, 2.75) is 33.1 Å². The van der Waals surface area contributed by atoms with Crippen LogP contribution in [0, 0.1) is 0 Å². The highest BCUT2D eigenvalue weighted by molar-refractivity contribution is 5.82. The first kappa shape index (κ1) is 11.9. The van der Waals surface area contributed by atoms with E-state index in [-0.39, 0.29) is 0 Å². The van der Waals surface area contributed by atoms with E-state index in [2.05, 4.69) is 55.4 Å². The van der Waals surface area contributed by atoms with Gasteiger partial charge in [0.15, 0.2) is 0 Å². The number of anilines is 1. The van der Waals surface area contributed by atoms with Gasteiger partial charge in [-0.3, -0.25) is 0 Å².